The summed E-state index contributed by atoms with van der Waals surface area (Å²) in [6, 6.07) is 10.8. The Morgan fingerprint density at radius 2 is 2.20 bits per heavy atom. The molecule has 1 unspecified atom stereocenters. The predicted octanol–water partition coefficient (Wildman–Crippen LogP) is 3.99. The maximum Gasteiger partial charge on any atom is 0.0659 e. The highest BCUT2D eigenvalue weighted by atomic mass is 32.1. The molecule has 0 N–H and O–H groups in total. The Balaban J connectivity index is 2.33. The summed E-state index contributed by atoms with van der Waals surface area (Å²) >= 11 is 1.77. The van der Waals surface area contributed by atoms with E-state index < -0.39 is 0 Å². The number of benzene rings is 1. The number of thiophene rings is 1. The molecule has 2 heteroatoms. The van der Waals surface area contributed by atoms with E-state index in [1.165, 1.54) is 15.6 Å². The van der Waals surface area contributed by atoms with Crippen molar-refractivity contribution in [2.75, 3.05) is 0 Å². The lowest BCUT2D eigenvalue weighted by Gasteiger charge is -2.04. The van der Waals surface area contributed by atoms with Gasteiger partial charge in [-0.05, 0) is 35.2 Å². The maximum atomic E-state index is 8.95. The monoisotopic (exact) mass is 215 g/mol. The van der Waals surface area contributed by atoms with Crippen molar-refractivity contribution in [1.82, 2.24) is 0 Å². The summed E-state index contributed by atoms with van der Waals surface area (Å²) in [5.41, 5.74) is 1.32. The average molecular weight is 215 g/mol. The van der Waals surface area contributed by atoms with E-state index in [-0.39, 0.29) is 5.92 Å². The van der Waals surface area contributed by atoms with Gasteiger partial charge < -0.3 is 0 Å². The first kappa shape index (κ1) is 10.2. The van der Waals surface area contributed by atoms with Crippen LogP contribution in [0.3, 0.4) is 0 Å². The molecule has 0 bridgehead atoms. The average Bonchev–Trinajstić information content (AvgIpc) is 2.69. The highest BCUT2D eigenvalue weighted by Gasteiger charge is 2.09. The van der Waals surface area contributed by atoms with Crippen LogP contribution < -0.4 is 0 Å². The summed E-state index contributed by atoms with van der Waals surface area (Å²) in [6.45, 7) is 2.07. The molecular formula is C13H13NS. The molecule has 1 nitrogen and oxygen atoms in total. The number of nitrogens with zero attached hydrogens (tertiary/aromatic N) is 1. The third kappa shape index (κ3) is 2.03. The first-order valence-corrected chi connectivity index (χ1v) is 6.07. The lowest BCUT2D eigenvalue weighted by Crippen LogP contribution is -1.98. The number of hydrogen-bond donors (Lipinski definition) is 0. The van der Waals surface area contributed by atoms with E-state index in [1.807, 2.05) is 0 Å². The Kier molecular flexibility index (Phi) is 3.03. The fourth-order valence-corrected chi connectivity index (χ4v) is 2.71. The molecule has 0 aliphatic carbocycles. The van der Waals surface area contributed by atoms with Gasteiger partial charge in [-0.3, -0.25) is 0 Å². The SMILES string of the molecule is CCC(C#N)Cc1csc2ccccc12. The zero-order valence-electron chi connectivity index (χ0n) is 8.73. The molecule has 2 rings (SSSR count). The van der Waals surface area contributed by atoms with Crippen molar-refractivity contribution in [3.05, 3.63) is 35.2 Å². The van der Waals surface area contributed by atoms with Crippen LogP contribution in [0.2, 0.25) is 0 Å². The van der Waals surface area contributed by atoms with Gasteiger partial charge in [-0.2, -0.15) is 5.26 Å². The number of rotatable bonds is 3. The van der Waals surface area contributed by atoms with Crippen molar-refractivity contribution >= 4 is 21.4 Å². The molecule has 0 aliphatic heterocycles. The second-order valence-corrected chi connectivity index (χ2v) is 4.61. The molecule has 0 saturated heterocycles. The van der Waals surface area contributed by atoms with E-state index in [1.54, 1.807) is 11.3 Å². The van der Waals surface area contributed by atoms with Gasteiger partial charge >= 0.3 is 0 Å². The third-order valence-corrected chi connectivity index (χ3v) is 3.72. The van der Waals surface area contributed by atoms with E-state index >= 15 is 0 Å². The van der Waals surface area contributed by atoms with E-state index in [9.17, 15) is 0 Å². The molecule has 0 amide bonds. The van der Waals surface area contributed by atoms with Crippen molar-refractivity contribution in [2.24, 2.45) is 5.92 Å². The van der Waals surface area contributed by atoms with Gasteiger partial charge in [0.2, 0.25) is 0 Å². The van der Waals surface area contributed by atoms with Gasteiger partial charge in [-0.25, -0.2) is 0 Å². The Morgan fingerprint density at radius 1 is 1.40 bits per heavy atom. The van der Waals surface area contributed by atoms with Gasteiger partial charge in [-0.1, -0.05) is 25.1 Å². The van der Waals surface area contributed by atoms with Crippen LogP contribution in [0.5, 0.6) is 0 Å². The molecule has 0 radical (unpaired) electrons. The number of nitriles is 1. The normalized spacial score (nSPS) is 12.5. The predicted molar refractivity (Wildman–Crippen MR) is 64.9 cm³/mol. The largest absolute Gasteiger partial charge is 0.198 e. The molecule has 0 saturated carbocycles. The third-order valence-electron chi connectivity index (χ3n) is 2.70. The molecule has 1 aromatic heterocycles. The lowest BCUT2D eigenvalue weighted by molar-refractivity contribution is 0.641. The van der Waals surface area contributed by atoms with Crippen LogP contribution in [0, 0.1) is 17.2 Å². The molecule has 15 heavy (non-hydrogen) atoms. The van der Waals surface area contributed by atoms with Gasteiger partial charge in [0.25, 0.3) is 0 Å². The van der Waals surface area contributed by atoms with E-state index in [0.29, 0.717) is 0 Å². The summed E-state index contributed by atoms with van der Waals surface area (Å²) in [6.07, 6.45) is 1.82. The second kappa shape index (κ2) is 4.46. The smallest absolute Gasteiger partial charge is 0.0659 e. The topological polar surface area (TPSA) is 23.8 Å². The molecule has 1 aromatic carbocycles. The zero-order valence-corrected chi connectivity index (χ0v) is 9.55. The maximum absolute atomic E-state index is 8.95. The van der Waals surface area contributed by atoms with Crippen molar-refractivity contribution in [3.63, 3.8) is 0 Å². The highest BCUT2D eigenvalue weighted by Crippen LogP contribution is 2.27. The zero-order chi connectivity index (χ0) is 10.7. The minimum Gasteiger partial charge on any atom is -0.198 e. The molecule has 0 spiro atoms. The fourth-order valence-electron chi connectivity index (χ4n) is 1.74. The first-order chi connectivity index (χ1) is 7.35. The fraction of sp³-hybridized carbons (Fsp3) is 0.308. The van der Waals surface area contributed by atoms with Gasteiger partial charge in [0.15, 0.2) is 0 Å². The Bertz CT molecular complexity index is 492. The molecule has 0 aliphatic rings. The van der Waals surface area contributed by atoms with Crippen LogP contribution in [0.1, 0.15) is 18.9 Å². The van der Waals surface area contributed by atoms with Crippen LogP contribution in [-0.4, -0.2) is 0 Å². The van der Waals surface area contributed by atoms with E-state index in [2.05, 4.69) is 42.6 Å². The van der Waals surface area contributed by atoms with Gasteiger partial charge in [-0.15, -0.1) is 11.3 Å². The lowest BCUT2D eigenvalue weighted by atomic mass is 9.98. The minimum atomic E-state index is 0.156. The summed E-state index contributed by atoms with van der Waals surface area (Å²) in [4.78, 5) is 0. The molecule has 0 fully saturated rings. The Morgan fingerprint density at radius 3 is 2.93 bits per heavy atom. The molecular weight excluding hydrogens is 202 g/mol. The summed E-state index contributed by atoms with van der Waals surface area (Å²) in [5, 5.41) is 12.5. The van der Waals surface area contributed by atoms with Crippen LogP contribution in [-0.2, 0) is 6.42 Å². The molecule has 2 aromatic rings. The van der Waals surface area contributed by atoms with Crippen molar-refractivity contribution in [1.29, 1.82) is 5.26 Å². The van der Waals surface area contributed by atoms with E-state index in [4.69, 9.17) is 5.26 Å². The van der Waals surface area contributed by atoms with Crippen LogP contribution in [0.4, 0.5) is 0 Å². The van der Waals surface area contributed by atoms with Crippen molar-refractivity contribution in [2.45, 2.75) is 19.8 Å². The van der Waals surface area contributed by atoms with Crippen LogP contribution >= 0.6 is 11.3 Å². The molecule has 1 heterocycles. The molecule has 76 valence electrons. The molecule has 1 atom stereocenters. The standard InChI is InChI=1S/C13H13NS/c1-2-10(8-14)7-11-9-15-13-6-4-3-5-12(11)13/h3-6,9-10H,2,7H2,1H3. The highest BCUT2D eigenvalue weighted by molar-refractivity contribution is 7.17. The van der Waals surface area contributed by atoms with Crippen molar-refractivity contribution in [3.8, 4) is 6.07 Å². The first-order valence-electron chi connectivity index (χ1n) is 5.20. The minimum absolute atomic E-state index is 0.156. The van der Waals surface area contributed by atoms with Crippen molar-refractivity contribution < 1.29 is 0 Å². The Hall–Kier alpha value is -1.33. The summed E-state index contributed by atoms with van der Waals surface area (Å²) in [5.74, 6) is 0.156. The quantitative estimate of drug-likeness (QED) is 0.759. The summed E-state index contributed by atoms with van der Waals surface area (Å²) in [7, 11) is 0. The van der Waals surface area contributed by atoms with Gasteiger partial charge in [0.05, 0.1) is 12.0 Å². The van der Waals surface area contributed by atoms with Gasteiger partial charge in [0.1, 0.15) is 0 Å². The van der Waals surface area contributed by atoms with Crippen LogP contribution in [0.15, 0.2) is 29.6 Å². The number of fused-ring (bicyclic) bond motifs is 1. The van der Waals surface area contributed by atoms with E-state index in [0.717, 1.165) is 12.8 Å². The Labute approximate surface area is 94.0 Å². The van der Waals surface area contributed by atoms with Crippen LogP contribution in [0.25, 0.3) is 10.1 Å². The summed E-state index contributed by atoms with van der Waals surface area (Å²) < 4.78 is 1.32. The second-order valence-electron chi connectivity index (χ2n) is 3.70. The van der Waals surface area contributed by atoms with Gasteiger partial charge in [0, 0.05) is 4.70 Å². The number of hydrogen-bond acceptors (Lipinski definition) is 2.